The minimum absolute atomic E-state index is 0.106. The molecule has 0 amide bonds. The Morgan fingerprint density at radius 1 is 1.18 bits per heavy atom. The van der Waals surface area contributed by atoms with Crippen LogP contribution in [-0.4, -0.2) is 26.4 Å². The Kier molecular flexibility index (Phi) is 2.98. The zero-order valence-electron chi connectivity index (χ0n) is 11.0. The van der Waals surface area contributed by atoms with Crippen molar-refractivity contribution in [2.75, 3.05) is 0 Å². The third-order valence-electron chi connectivity index (χ3n) is 3.27. The summed E-state index contributed by atoms with van der Waals surface area (Å²) in [7, 11) is 0. The van der Waals surface area contributed by atoms with Gasteiger partial charge in [0, 0.05) is 11.6 Å². The molecule has 114 valence electrons. The zero-order valence-corrected chi connectivity index (χ0v) is 11.0. The maximum atomic E-state index is 12.7. The molecule has 1 aromatic carbocycles. The quantitative estimate of drug-likeness (QED) is 0.791. The summed E-state index contributed by atoms with van der Waals surface area (Å²) in [6, 6.07) is 7.90. The number of rotatable bonds is 2. The molecule has 0 bridgehead atoms. The molecule has 8 heteroatoms. The molecule has 0 aliphatic rings. The summed E-state index contributed by atoms with van der Waals surface area (Å²) in [6.07, 6.45) is -3.83. The average Bonchev–Trinajstić information content (AvgIpc) is 2.80. The van der Waals surface area contributed by atoms with Crippen LogP contribution < -0.4 is 5.43 Å². The Bertz CT molecular complexity index is 954. The number of carboxylic acids is 1. The van der Waals surface area contributed by atoms with Crippen LogP contribution in [0.5, 0.6) is 0 Å². The van der Waals surface area contributed by atoms with E-state index in [-0.39, 0.29) is 5.52 Å². The molecule has 22 heavy (non-hydrogen) atoms. The van der Waals surface area contributed by atoms with Crippen molar-refractivity contribution in [1.29, 1.82) is 0 Å². The highest BCUT2D eigenvalue weighted by atomic mass is 19.4. The number of carbonyl (C=O) groups is 1. The number of halogens is 3. The molecule has 0 saturated carbocycles. The van der Waals surface area contributed by atoms with E-state index in [1.165, 1.54) is 6.07 Å². The second kappa shape index (κ2) is 4.62. The fraction of sp³-hybridized carbons (Fsp3) is 0.143. The Labute approximate surface area is 120 Å². The number of hydrogen-bond acceptors (Lipinski definition) is 2. The van der Waals surface area contributed by atoms with Crippen LogP contribution in [0.4, 0.5) is 13.2 Å². The van der Waals surface area contributed by atoms with Crippen LogP contribution in [0.2, 0.25) is 0 Å². The lowest BCUT2D eigenvalue weighted by molar-refractivity contribution is -0.143. The van der Waals surface area contributed by atoms with E-state index in [1.807, 2.05) is 0 Å². The Morgan fingerprint density at radius 3 is 2.50 bits per heavy atom. The monoisotopic (exact) mass is 310 g/mol. The molecule has 3 aromatic rings. The predicted octanol–water partition coefficient (Wildman–Crippen LogP) is 2.51. The van der Waals surface area contributed by atoms with E-state index < -0.39 is 29.7 Å². The van der Waals surface area contributed by atoms with Gasteiger partial charge in [-0.25, -0.2) is 9.31 Å². The van der Waals surface area contributed by atoms with Crippen molar-refractivity contribution in [2.24, 2.45) is 0 Å². The zero-order chi connectivity index (χ0) is 16.1. The molecule has 3 rings (SSSR count). The molecular formula is C14H9F3N2O3. The van der Waals surface area contributed by atoms with E-state index in [4.69, 9.17) is 5.11 Å². The predicted molar refractivity (Wildman–Crippen MR) is 72.2 cm³/mol. The number of aromatic carboxylic acids is 1. The molecule has 0 atom stereocenters. The van der Waals surface area contributed by atoms with E-state index >= 15 is 0 Å². The number of aromatic nitrogens is 2. The second-order valence-corrected chi connectivity index (χ2v) is 4.79. The number of nitrogens with zero attached hydrogens (tertiary/aromatic N) is 2. The molecule has 0 radical (unpaired) electrons. The van der Waals surface area contributed by atoms with Gasteiger partial charge in [0.2, 0.25) is 5.43 Å². The van der Waals surface area contributed by atoms with Crippen molar-refractivity contribution in [3.63, 3.8) is 0 Å². The lowest BCUT2D eigenvalue weighted by Gasteiger charge is -2.14. The molecule has 5 nitrogen and oxygen atoms in total. The fourth-order valence-corrected chi connectivity index (χ4v) is 2.43. The first kappa shape index (κ1) is 14.2. The van der Waals surface area contributed by atoms with Gasteiger partial charge in [-0.05, 0) is 12.1 Å². The topological polar surface area (TPSA) is 63.7 Å². The summed E-state index contributed by atoms with van der Waals surface area (Å²) in [5.74, 6) is -1.56. The molecular weight excluding hydrogens is 301 g/mol. The van der Waals surface area contributed by atoms with Gasteiger partial charge in [-0.15, -0.1) is 0 Å². The first-order valence-electron chi connectivity index (χ1n) is 6.22. The number of para-hydroxylation sites is 1. The Hall–Kier alpha value is -2.77. The van der Waals surface area contributed by atoms with Gasteiger partial charge in [0.05, 0.1) is 5.52 Å². The third-order valence-corrected chi connectivity index (χ3v) is 3.27. The van der Waals surface area contributed by atoms with Gasteiger partial charge in [0.1, 0.15) is 17.6 Å². The van der Waals surface area contributed by atoms with Crippen LogP contribution in [0, 0.1) is 0 Å². The highest BCUT2D eigenvalue weighted by molar-refractivity contribution is 5.92. The van der Waals surface area contributed by atoms with Gasteiger partial charge in [0.25, 0.3) is 0 Å². The summed E-state index contributed by atoms with van der Waals surface area (Å²) < 4.78 is 40.0. The van der Waals surface area contributed by atoms with Gasteiger partial charge in [-0.3, -0.25) is 9.48 Å². The van der Waals surface area contributed by atoms with E-state index in [0.717, 1.165) is 10.7 Å². The normalized spacial score (nSPS) is 12.1. The van der Waals surface area contributed by atoms with Crippen LogP contribution in [0.25, 0.3) is 16.4 Å². The van der Waals surface area contributed by atoms with Gasteiger partial charge >= 0.3 is 12.1 Å². The van der Waals surface area contributed by atoms with E-state index in [9.17, 15) is 22.8 Å². The van der Waals surface area contributed by atoms with E-state index in [1.54, 1.807) is 24.3 Å². The minimum atomic E-state index is -4.55. The molecule has 0 spiro atoms. The van der Waals surface area contributed by atoms with Gasteiger partial charge in [-0.1, -0.05) is 18.2 Å². The van der Waals surface area contributed by atoms with E-state index in [2.05, 4.69) is 0 Å². The smallest absolute Gasteiger partial charge is 0.407 e. The van der Waals surface area contributed by atoms with Crippen LogP contribution in [0.1, 0.15) is 10.4 Å². The van der Waals surface area contributed by atoms with Crippen molar-refractivity contribution < 1.29 is 23.1 Å². The highest BCUT2D eigenvalue weighted by Gasteiger charge is 2.30. The Balaban J connectivity index is 2.47. The number of hydrogen-bond donors (Lipinski definition) is 1. The van der Waals surface area contributed by atoms with Crippen molar-refractivity contribution in [3.8, 4) is 0 Å². The molecule has 0 aliphatic carbocycles. The van der Waals surface area contributed by atoms with Gasteiger partial charge < -0.3 is 5.11 Å². The summed E-state index contributed by atoms with van der Waals surface area (Å²) in [6.45, 7) is -1.40. The van der Waals surface area contributed by atoms with Crippen LogP contribution in [0.15, 0.2) is 41.3 Å². The lowest BCUT2D eigenvalue weighted by Crippen LogP contribution is -2.27. The average molecular weight is 310 g/mol. The molecule has 0 fully saturated rings. The summed E-state index contributed by atoms with van der Waals surface area (Å²) >= 11 is 0. The number of carboxylic acid groups (broad SMARTS) is 1. The van der Waals surface area contributed by atoms with Crippen LogP contribution >= 0.6 is 0 Å². The van der Waals surface area contributed by atoms with Crippen molar-refractivity contribution in [1.82, 2.24) is 9.20 Å². The first-order valence-corrected chi connectivity index (χ1v) is 6.22. The third kappa shape index (κ3) is 2.22. The molecule has 1 N–H and O–H groups in total. The fourth-order valence-electron chi connectivity index (χ4n) is 2.43. The summed E-state index contributed by atoms with van der Waals surface area (Å²) in [4.78, 5) is 23.3. The van der Waals surface area contributed by atoms with Gasteiger partial charge in [-0.2, -0.15) is 13.2 Å². The van der Waals surface area contributed by atoms with Crippen molar-refractivity contribution >= 4 is 22.4 Å². The largest absolute Gasteiger partial charge is 0.477 e. The maximum Gasteiger partial charge on any atom is 0.407 e. The van der Waals surface area contributed by atoms with Gasteiger partial charge in [0.15, 0.2) is 0 Å². The van der Waals surface area contributed by atoms with Crippen molar-refractivity contribution in [3.05, 3.63) is 52.3 Å². The van der Waals surface area contributed by atoms with Crippen LogP contribution in [0.3, 0.4) is 0 Å². The molecule has 2 heterocycles. The maximum absolute atomic E-state index is 12.7. The SMILES string of the molecule is O=C(O)c1cn(CC(F)(F)F)n2c(cc3ccccc32)c1=O. The number of alkyl halides is 3. The second-order valence-electron chi connectivity index (χ2n) is 4.79. The standard InChI is InChI=1S/C14H9F3N2O3/c15-14(16,17)7-18-6-9(13(21)22)12(20)11-5-8-3-1-2-4-10(8)19(11)18/h1-6H,7H2,(H,21,22). The summed E-state index contributed by atoms with van der Waals surface area (Å²) in [5.41, 5.74) is -1.22. The summed E-state index contributed by atoms with van der Waals surface area (Å²) in [5, 5.41) is 9.57. The minimum Gasteiger partial charge on any atom is -0.477 e. The van der Waals surface area contributed by atoms with Crippen LogP contribution in [-0.2, 0) is 6.54 Å². The van der Waals surface area contributed by atoms with Crippen molar-refractivity contribution in [2.45, 2.75) is 12.7 Å². The molecule has 2 aromatic heterocycles. The lowest BCUT2D eigenvalue weighted by atomic mass is 10.2. The molecule has 0 aliphatic heterocycles. The number of fused-ring (bicyclic) bond motifs is 3. The Morgan fingerprint density at radius 2 is 1.86 bits per heavy atom. The molecule has 0 unspecified atom stereocenters. The molecule has 0 saturated heterocycles. The number of benzene rings is 1. The highest BCUT2D eigenvalue weighted by Crippen LogP contribution is 2.22. The first-order chi connectivity index (χ1) is 10.3. The van der Waals surface area contributed by atoms with E-state index in [0.29, 0.717) is 15.6 Å².